The quantitative estimate of drug-likeness (QED) is 0.898. The number of carboxylic acid groups (broad SMARTS) is 1. The second kappa shape index (κ2) is 4.53. The van der Waals surface area contributed by atoms with E-state index in [0.717, 1.165) is 0 Å². The second-order valence-corrected chi connectivity index (χ2v) is 4.87. The molecule has 1 aliphatic rings. The normalized spacial score (nSPS) is 16.6. The fourth-order valence-electron chi connectivity index (χ4n) is 1.93. The van der Waals surface area contributed by atoms with Gasteiger partial charge in [-0.2, -0.15) is 0 Å². The van der Waals surface area contributed by atoms with Crippen LogP contribution in [0, 0.1) is 5.92 Å². The van der Waals surface area contributed by atoms with Gasteiger partial charge in [0, 0.05) is 19.3 Å². The monoisotopic (exact) mass is 254 g/mol. The number of aromatic nitrogens is 1. The zero-order valence-corrected chi connectivity index (χ0v) is 10.6. The third-order valence-corrected chi connectivity index (χ3v) is 3.72. The maximum atomic E-state index is 11.0. The van der Waals surface area contributed by atoms with Crippen LogP contribution in [0.3, 0.4) is 0 Å². The van der Waals surface area contributed by atoms with E-state index in [1.165, 1.54) is 25.1 Å². The van der Waals surface area contributed by atoms with Crippen LogP contribution < -0.4 is 4.90 Å². The van der Waals surface area contributed by atoms with Gasteiger partial charge in [0.15, 0.2) is 0 Å². The molecule has 0 aromatic carbocycles. The molecule has 1 aromatic rings. The smallest absolute Gasteiger partial charge is 0.337 e. The maximum absolute atomic E-state index is 11.0. The molecule has 0 aliphatic heterocycles. The first-order valence-electron chi connectivity index (χ1n) is 5.63. The Morgan fingerprint density at radius 3 is 2.82 bits per heavy atom. The van der Waals surface area contributed by atoms with Gasteiger partial charge in [0.1, 0.15) is 5.82 Å². The Morgan fingerprint density at radius 2 is 2.29 bits per heavy atom. The first-order chi connectivity index (χ1) is 8.02. The van der Waals surface area contributed by atoms with Crippen LogP contribution >= 0.6 is 11.6 Å². The summed E-state index contributed by atoms with van der Waals surface area (Å²) in [5.41, 5.74) is 0.103. The summed E-state index contributed by atoms with van der Waals surface area (Å²) < 4.78 is 0. The van der Waals surface area contributed by atoms with Gasteiger partial charge >= 0.3 is 5.97 Å². The molecule has 4 nitrogen and oxygen atoms in total. The van der Waals surface area contributed by atoms with Crippen LogP contribution in [0.15, 0.2) is 12.3 Å². The van der Waals surface area contributed by atoms with E-state index < -0.39 is 5.97 Å². The lowest BCUT2D eigenvalue weighted by atomic mass is 10.2. The van der Waals surface area contributed by atoms with Gasteiger partial charge in [-0.25, -0.2) is 9.78 Å². The van der Waals surface area contributed by atoms with Gasteiger partial charge in [-0.3, -0.25) is 0 Å². The van der Waals surface area contributed by atoms with Crippen LogP contribution in [0.25, 0.3) is 0 Å². The number of hydrogen-bond donors (Lipinski definition) is 1. The summed E-state index contributed by atoms with van der Waals surface area (Å²) in [4.78, 5) is 17.1. The summed E-state index contributed by atoms with van der Waals surface area (Å²) in [6.07, 6.45) is 3.93. The highest BCUT2D eigenvalue weighted by Gasteiger charge is 2.32. The van der Waals surface area contributed by atoms with E-state index in [4.69, 9.17) is 16.7 Å². The van der Waals surface area contributed by atoms with Gasteiger partial charge in [0.2, 0.25) is 0 Å². The van der Waals surface area contributed by atoms with Crippen LogP contribution in [-0.2, 0) is 0 Å². The average molecular weight is 255 g/mol. The van der Waals surface area contributed by atoms with Gasteiger partial charge in [-0.05, 0) is 31.7 Å². The number of aromatic carboxylic acids is 1. The number of anilines is 1. The minimum atomic E-state index is -1.02. The van der Waals surface area contributed by atoms with Crippen molar-refractivity contribution in [2.75, 3.05) is 11.9 Å². The van der Waals surface area contributed by atoms with Gasteiger partial charge in [0.05, 0.1) is 10.6 Å². The molecule has 1 N–H and O–H groups in total. The summed E-state index contributed by atoms with van der Waals surface area (Å²) >= 11 is 6.08. The standard InChI is InChI=1S/C12H15ClN2O2/c1-7(8-3-4-8)15(2)11-10(13)9(12(16)17)5-6-14-11/h5-8H,3-4H2,1-2H3,(H,16,17). The minimum absolute atomic E-state index is 0.103. The van der Waals surface area contributed by atoms with Crippen LogP contribution in [0.1, 0.15) is 30.1 Å². The Balaban J connectivity index is 2.31. The molecule has 2 rings (SSSR count). The molecule has 17 heavy (non-hydrogen) atoms. The molecule has 1 aromatic heterocycles. The van der Waals surface area contributed by atoms with Gasteiger partial charge in [-0.1, -0.05) is 11.6 Å². The van der Waals surface area contributed by atoms with Crippen LogP contribution in [0.5, 0.6) is 0 Å². The molecule has 1 heterocycles. The fraction of sp³-hybridized carbons (Fsp3) is 0.500. The number of nitrogens with zero attached hydrogens (tertiary/aromatic N) is 2. The van der Waals surface area contributed by atoms with Crippen LogP contribution in [0.2, 0.25) is 5.02 Å². The van der Waals surface area contributed by atoms with E-state index in [9.17, 15) is 4.79 Å². The molecule has 0 bridgehead atoms. The highest BCUT2D eigenvalue weighted by Crippen LogP contribution is 2.37. The highest BCUT2D eigenvalue weighted by molar-refractivity contribution is 6.35. The summed E-state index contributed by atoms with van der Waals surface area (Å²) in [7, 11) is 1.91. The number of halogens is 1. The second-order valence-electron chi connectivity index (χ2n) is 4.49. The Hall–Kier alpha value is -1.29. The zero-order valence-electron chi connectivity index (χ0n) is 9.85. The number of hydrogen-bond acceptors (Lipinski definition) is 3. The Kier molecular flexibility index (Phi) is 3.24. The van der Waals surface area contributed by atoms with Gasteiger partial charge < -0.3 is 10.0 Å². The molecule has 0 radical (unpaired) electrons. The SMILES string of the molecule is CC(C1CC1)N(C)c1nccc(C(=O)O)c1Cl. The van der Waals surface area contributed by atoms with E-state index in [1.807, 2.05) is 11.9 Å². The largest absolute Gasteiger partial charge is 0.478 e. The first-order valence-corrected chi connectivity index (χ1v) is 6.00. The minimum Gasteiger partial charge on any atom is -0.478 e. The van der Waals surface area contributed by atoms with Crippen molar-refractivity contribution in [3.05, 3.63) is 22.8 Å². The third-order valence-electron chi connectivity index (χ3n) is 3.35. The predicted octanol–water partition coefficient (Wildman–Crippen LogP) is 2.67. The molecule has 1 saturated carbocycles. The van der Waals surface area contributed by atoms with E-state index in [2.05, 4.69) is 11.9 Å². The molecular weight excluding hydrogens is 240 g/mol. The van der Waals surface area contributed by atoms with Crippen LogP contribution in [-0.4, -0.2) is 29.1 Å². The van der Waals surface area contributed by atoms with E-state index in [1.54, 1.807) is 0 Å². The molecule has 0 spiro atoms. The lowest BCUT2D eigenvalue weighted by molar-refractivity contribution is 0.0697. The molecule has 92 valence electrons. The van der Waals surface area contributed by atoms with Crippen molar-refractivity contribution in [3.63, 3.8) is 0 Å². The lowest BCUT2D eigenvalue weighted by Crippen LogP contribution is -2.31. The van der Waals surface area contributed by atoms with E-state index >= 15 is 0 Å². The molecule has 0 amide bonds. The topological polar surface area (TPSA) is 53.4 Å². The number of pyridine rings is 1. The molecule has 1 fully saturated rings. The van der Waals surface area contributed by atoms with Gasteiger partial charge in [-0.15, -0.1) is 0 Å². The molecular formula is C12H15ClN2O2. The van der Waals surface area contributed by atoms with Crippen molar-refractivity contribution in [3.8, 4) is 0 Å². The van der Waals surface area contributed by atoms with Gasteiger partial charge in [0.25, 0.3) is 0 Å². The van der Waals surface area contributed by atoms with Crippen molar-refractivity contribution in [2.45, 2.75) is 25.8 Å². The summed E-state index contributed by atoms with van der Waals surface area (Å²) in [5.74, 6) is 0.198. The molecule has 0 saturated heterocycles. The first kappa shape index (κ1) is 12.2. The number of carboxylic acids is 1. The van der Waals surface area contributed by atoms with Crippen LogP contribution in [0.4, 0.5) is 5.82 Å². The summed E-state index contributed by atoms with van der Waals surface area (Å²) in [5, 5.41) is 9.22. The summed E-state index contributed by atoms with van der Waals surface area (Å²) in [6, 6.07) is 1.76. The molecule has 1 aliphatic carbocycles. The third kappa shape index (κ3) is 2.36. The lowest BCUT2D eigenvalue weighted by Gasteiger charge is -2.27. The van der Waals surface area contributed by atoms with Crippen molar-refractivity contribution in [1.29, 1.82) is 0 Å². The van der Waals surface area contributed by atoms with Crippen molar-refractivity contribution in [1.82, 2.24) is 4.98 Å². The number of rotatable bonds is 4. The van der Waals surface area contributed by atoms with Crippen molar-refractivity contribution in [2.24, 2.45) is 5.92 Å². The van der Waals surface area contributed by atoms with E-state index in [-0.39, 0.29) is 10.6 Å². The highest BCUT2D eigenvalue weighted by atomic mass is 35.5. The average Bonchev–Trinajstić information content (AvgIpc) is 3.11. The van der Waals surface area contributed by atoms with Crippen molar-refractivity contribution >= 4 is 23.4 Å². The fourth-order valence-corrected chi connectivity index (χ4v) is 2.26. The Labute approximate surface area is 105 Å². The Morgan fingerprint density at radius 1 is 1.65 bits per heavy atom. The molecule has 1 atom stereocenters. The molecule has 5 heteroatoms. The Bertz CT molecular complexity index is 446. The predicted molar refractivity (Wildman–Crippen MR) is 66.8 cm³/mol. The summed E-state index contributed by atoms with van der Waals surface area (Å²) in [6.45, 7) is 2.11. The van der Waals surface area contributed by atoms with Crippen molar-refractivity contribution < 1.29 is 9.90 Å². The number of carbonyl (C=O) groups is 1. The molecule has 1 unspecified atom stereocenters. The zero-order chi connectivity index (χ0) is 12.6. The van der Waals surface area contributed by atoms with E-state index in [0.29, 0.717) is 17.8 Å². The maximum Gasteiger partial charge on any atom is 0.337 e.